The maximum absolute atomic E-state index is 11.5. The van der Waals surface area contributed by atoms with Crippen LogP contribution in [-0.4, -0.2) is 39.4 Å². The van der Waals surface area contributed by atoms with Crippen molar-refractivity contribution in [1.29, 1.82) is 0 Å². The minimum absolute atomic E-state index is 0.0139. The summed E-state index contributed by atoms with van der Waals surface area (Å²) >= 11 is 0. The van der Waals surface area contributed by atoms with Crippen LogP contribution in [0.4, 0.5) is 0 Å². The van der Waals surface area contributed by atoms with Crippen molar-refractivity contribution >= 4 is 5.97 Å². The molecular formula is C9H15NO3. The molecule has 2 saturated heterocycles. The molecule has 0 aliphatic carbocycles. The maximum atomic E-state index is 11.5. The first-order valence-electron chi connectivity index (χ1n) is 4.65. The van der Waals surface area contributed by atoms with E-state index < -0.39 is 0 Å². The summed E-state index contributed by atoms with van der Waals surface area (Å²) in [6.45, 7) is 3.15. The Morgan fingerprint density at radius 1 is 1.62 bits per heavy atom. The number of carbonyl (C=O) groups excluding carboxylic acids is 1. The van der Waals surface area contributed by atoms with E-state index in [1.54, 1.807) is 0 Å². The van der Waals surface area contributed by atoms with E-state index in [0.717, 1.165) is 19.5 Å². The molecule has 13 heavy (non-hydrogen) atoms. The number of hydrogen-bond acceptors (Lipinski definition) is 4. The lowest BCUT2D eigenvalue weighted by Gasteiger charge is -2.48. The molecule has 1 N–H and O–H groups in total. The van der Waals surface area contributed by atoms with Crippen LogP contribution in [0.2, 0.25) is 0 Å². The smallest absolute Gasteiger partial charge is 0.310 e. The van der Waals surface area contributed by atoms with Crippen LogP contribution < -0.4 is 5.32 Å². The first-order chi connectivity index (χ1) is 6.28. The highest BCUT2D eigenvalue weighted by Crippen LogP contribution is 2.41. The molecule has 1 unspecified atom stereocenters. The van der Waals surface area contributed by atoms with E-state index in [0.29, 0.717) is 13.2 Å². The Morgan fingerprint density at radius 3 is 2.92 bits per heavy atom. The van der Waals surface area contributed by atoms with Crippen molar-refractivity contribution in [3.8, 4) is 0 Å². The number of carbonyl (C=O) groups is 1. The number of piperidine rings is 1. The van der Waals surface area contributed by atoms with Gasteiger partial charge in [0.25, 0.3) is 0 Å². The van der Waals surface area contributed by atoms with Crippen molar-refractivity contribution in [3.05, 3.63) is 0 Å². The van der Waals surface area contributed by atoms with Gasteiger partial charge in [0.1, 0.15) is 0 Å². The third-order valence-corrected chi connectivity index (χ3v) is 3.15. The lowest BCUT2D eigenvalue weighted by Crippen LogP contribution is -2.58. The second-order valence-electron chi connectivity index (χ2n) is 3.89. The second-order valence-corrected chi connectivity index (χ2v) is 3.89. The summed E-state index contributed by atoms with van der Waals surface area (Å²) in [5.74, 6) is -0.115. The van der Waals surface area contributed by atoms with Crippen molar-refractivity contribution in [3.63, 3.8) is 0 Å². The Bertz CT molecular complexity index is 213. The lowest BCUT2D eigenvalue weighted by molar-refractivity contribution is -0.184. The Morgan fingerprint density at radius 2 is 2.38 bits per heavy atom. The number of esters is 1. The Kier molecular flexibility index (Phi) is 2.26. The highest BCUT2D eigenvalue weighted by molar-refractivity contribution is 5.74. The van der Waals surface area contributed by atoms with Crippen LogP contribution in [0.25, 0.3) is 0 Å². The standard InChI is InChI=1S/C9H15NO3/c1-12-8(11)7-4-10-3-2-9(7)5-13-6-9/h7,10H,2-6H2,1H3. The normalized spacial score (nSPS) is 31.0. The molecule has 2 rings (SSSR count). The molecule has 0 bridgehead atoms. The molecule has 1 atom stereocenters. The van der Waals surface area contributed by atoms with E-state index >= 15 is 0 Å². The molecule has 0 radical (unpaired) electrons. The van der Waals surface area contributed by atoms with E-state index in [4.69, 9.17) is 9.47 Å². The average Bonchev–Trinajstić information content (AvgIpc) is 2.14. The SMILES string of the molecule is COC(=O)C1CNCCC12COC2. The van der Waals surface area contributed by atoms with Gasteiger partial charge in [-0.2, -0.15) is 0 Å². The zero-order valence-electron chi connectivity index (χ0n) is 7.84. The molecule has 74 valence electrons. The summed E-state index contributed by atoms with van der Waals surface area (Å²) in [6.07, 6.45) is 1.02. The monoisotopic (exact) mass is 185 g/mol. The summed E-state index contributed by atoms with van der Waals surface area (Å²) in [5.41, 5.74) is 0.0817. The second kappa shape index (κ2) is 3.27. The zero-order chi connectivity index (χ0) is 9.31. The topological polar surface area (TPSA) is 47.6 Å². The summed E-state index contributed by atoms with van der Waals surface area (Å²) in [5, 5.41) is 3.22. The van der Waals surface area contributed by atoms with Crippen LogP contribution in [0, 0.1) is 11.3 Å². The minimum atomic E-state index is -0.101. The van der Waals surface area contributed by atoms with Crippen molar-refractivity contribution in [2.75, 3.05) is 33.4 Å². The Balaban J connectivity index is 2.09. The molecule has 0 aromatic heterocycles. The quantitative estimate of drug-likeness (QED) is 0.574. The van der Waals surface area contributed by atoms with Crippen LogP contribution in [0.15, 0.2) is 0 Å². The number of ether oxygens (including phenoxy) is 2. The van der Waals surface area contributed by atoms with E-state index in [1.165, 1.54) is 7.11 Å². The number of rotatable bonds is 1. The van der Waals surface area contributed by atoms with Crippen LogP contribution in [0.3, 0.4) is 0 Å². The van der Waals surface area contributed by atoms with Crippen LogP contribution >= 0.6 is 0 Å². The van der Waals surface area contributed by atoms with Gasteiger partial charge < -0.3 is 14.8 Å². The van der Waals surface area contributed by atoms with E-state index in [-0.39, 0.29) is 17.3 Å². The van der Waals surface area contributed by atoms with E-state index in [1.807, 2.05) is 0 Å². The van der Waals surface area contributed by atoms with Gasteiger partial charge in [-0.25, -0.2) is 0 Å². The van der Waals surface area contributed by atoms with Crippen LogP contribution in [0.1, 0.15) is 6.42 Å². The summed E-state index contributed by atoms with van der Waals surface area (Å²) in [7, 11) is 1.45. The molecule has 1 spiro atoms. The Hall–Kier alpha value is -0.610. The molecule has 2 aliphatic heterocycles. The van der Waals surface area contributed by atoms with Crippen molar-refractivity contribution in [2.45, 2.75) is 6.42 Å². The first kappa shape index (κ1) is 8.97. The molecule has 4 heteroatoms. The van der Waals surface area contributed by atoms with Gasteiger partial charge in [0.2, 0.25) is 0 Å². The summed E-state index contributed by atoms with van der Waals surface area (Å²) in [4.78, 5) is 11.5. The number of methoxy groups -OCH3 is 1. The van der Waals surface area contributed by atoms with Gasteiger partial charge in [0.15, 0.2) is 0 Å². The zero-order valence-corrected chi connectivity index (χ0v) is 7.84. The van der Waals surface area contributed by atoms with E-state index in [9.17, 15) is 4.79 Å². The highest BCUT2D eigenvalue weighted by Gasteiger charge is 2.50. The molecule has 4 nitrogen and oxygen atoms in total. The van der Waals surface area contributed by atoms with Gasteiger partial charge in [-0.3, -0.25) is 4.79 Å². The minimum Gasteiger partial charge on any atom is -0.469 e. The van der Waals surface area contributed by atoms with Gasteiger partial charge in [-0.1, -0.05) is 0 Å². The molecular weight excluding hydrogens is 170 g/mol. The predicted molar refractivity (Wildman–Crippen MR) is 46.2 cm³/mol. The van der Waals surface area contributed by atoms with Gasteiger partial charge in [-0.15, -0.1) is 0 Å². The van der Waals surface area contributed by atoms with Gasteiger partial charge in [-0.05, 0) is 13.0 Å². The van der Waals surface area contributed by atoms with Crippen molar-refractivity contribution in [2.24, 2.45) is 11.3 Å². The average molecular weight is 185 g/mol. The fourth-order valence-electron chi connectivity index (χ4n) is 2.16. The Labute approximate surface area is 77.6 Å². The largest absolute Gasteiger partial charge is 0.469 e. The predicted octanol–water partition coefficient (Wildman–Crippen LogP) is -0.215. The fourth-order valence-corrected chi connectivity index (χ4v) is 2.16. The van der Waals surface area contributed by atoms with Crippen LogP contribution in [-0.2, 0) is 14.3 Å². The molecule has 0 aromatic carbocycles. The number of nitrogens with one attached hydrogen (secondary N) is 1. The molecule has 2 fully saturated rings. The van der Waals surface area contributed by atoms with Crippen molar-refractivity contribution in [1.82, 2.24) is 5.32 Å². The molecule has 0 aromatic rings. The van der Waals surface area contributed by atoms with Gasteiger partial charge in [0, 0.05) is 12.0 Å². The van der Waals surface area contributed by atoms with E-state index in [2.05, 4.69) is 5.32 Å². The third kappa shape index (κ3) is 1.34. The lowest BCUT2D eigenvalue weighted by atomic mass is 9.69. The number of hydrogen-bond donors (Lipinski definition) is 1. The molecule has 2 aliphatic rings. The fraction of sp³-hybridized carbons (Fsp3) is 0.889. The highest BCUT2D eigenvalue weighted by atomic mass is 16.5. The third-order valence-electron chi connectivity index (χ3n) is 3.15. The van der Waals surface area contributed by atoms with Crippen LogP contribution in [0.5, 0.6) is 0 Å². The van der Waals surface area contributed by atoms with Gasteiger partial charge >= 0.3 is 5.97 Å². The first-order valence-corrected chi connectivity index (χ1v) is 4.65. The summed E-state index contributed by atoms with van der Waals surface area (Å²) in [6, 6.07) is 0. The maximum Gasteiger partial charge on any atom is 0.310 e. The van der Waals surface area contributed by atoms with Gasteiger partial charge in [0.05, 0.1) is 26.2 Å². The van der Waals surface area contributed by atoms with Crippen molar-refractivity contribution < 1.29 is 14.3 Å². The molecule has 0 saturated carbocycles. The summed E-state index contributed by atoms with van der Waals surface area (Å²) < 4.78 is 9.99. The molecule has 2 heterocycles. The molecule has 0 amide bonds.